The minimum Gasteiger partial charge on any atom is -0.487 e. The third-order valence-corrected chi connectivity index (χ3v) is 3.21. The molecule has 2 rings (SSSR count). The van der Waals surface area contributed by atoms with Crippen LogP contribution in [0.1, 0.15) is 13.8 Å². The van der Waals surface area contributed by atoms with Crippen molar-refractivity contribution in [2.45, 2.75) is 26.1 Å². The van der Waals surface area contributed by atoms with Crippen molar-refractivity contribution >= 4 is 17.3 Å². The van der Waals surface area contributed by atoms with Crippen molar-refractivity contribution < 1.29 is 19.0 Å². The standard InChI is InChI=1S/C15H22N2O4/c1-10-7-17(8-14(18)21-11(2)9-19-3)15-12(16)5-4-6-13(15)20-10/h4-6,10-11H,7-9,16H2,1-3H3. The van der Waals surface area contributed by atoms with E-state index in [2.05, 4.69) is 0 Å². The summed E-state index contributed by atoms with van der Waals surface area (Å²) in [6.07, 6.45) is -0.281. The predicted molar refractivity (Wildman–Crippen MR) is 80.6 cm³/mol. The van der Waals surface area contributed by atoms with Crippen LogP contribution in [0.15, 0.2) is 18.2 Å². The fraction of sp³-hybridized carbons (Fsp3) is 0.533. The number of nitrogen functional groups attached to an aromatic ring is 1. The molecule has 2 atom stereocenters. The molecule has 0 saturated heterocycles. The number of rotatable bonds is 5. The summed E-state index contributed by atoms with van der Waals surface area (Å²) in [5, 5.41) is 0. The molecule has 1 aromatic rings. The maximum absolute atomic E-state index is 12.0. The second kappa shape index (κ2) is 6.67. The van der Waals surface area contributed by atoms with Gasteiger partial charge in [0.15, 0.2) is 0 Å². The molecule has 1 aliphatic heterocycles. The fourth-order valence-corrected chi connectivity index (χ4v) is 2.46. The van der Waals surface area contributed by atoms with Crippen LogP contribution in [0.2, 0.25) is 0 Å². The number of fused-ring (bicyclic) bond motifs is 1. The molecule has 1 heterocycles. The topological polar surface area (TPSA) is 74.0 Å². The van der Waals surface area contributed by atoms with Crippen LogP contribution in [-0.2, 0) is 14.3 Å². The average Bonchev–Trinajstić information content (AvgIpc) is 2.37. The molecule has 0 amide bonds. The van der Waals surface area contributed by atoms with E-state index in [1.54, 1.807) is 20.1 Å². The van der Waals surface area contributed by atoms with Gasteiger partial charge in [-0.2, -0.15) is 0 Å². The van der Waals surface area contributed by atoms with Gasteiger partial charge in [0.05, 0.1) is 18.8 Å². The lowest BCUT2D eigenvalue weighted by Gasteiger charge is -2.35. The number of carbonyl (C=O) groups is 1. The number of nitrogens with two attached hydrogens (primary N) is 1. The van der Waals surface area contributed by atoms with Crippen LogP contribution in [0.5, 0.6) is 5.75 Å². The van der Waals surface area contributed by atoms with E-state index in [9.17, 15) is 4.79 Å². The van der Waals surface area contributed by atoms with Gasteiger partial charge in [-0.3, -0.25) is 4.79 Å². The van der Waals surface area contributed by atoms with Gasteiger partial charge in [-0.15, -0.1) is 0 Å². The summed E-state index contributed by atoms with van der Waals surface area (Å²) < 4.78 is 16.0. The number of carbonyl (C=O) groups excluding carboxylic acids is 1. The molecule has 0 fully saturated rings. The number of esters is 1. The first-order valence-corrected chi connectivity index (χ1v) is 6.99. The Morgan fingerprint density at radius 1 is 1.57 bits per heavy atom. The second-order valence-electron chi connectivity index (χ2n) is 5.26. The SMILES string of the molecule is COCC(C)OC(=O)CN1CC(C)Oc2cccc(N)c21. The number of ether oxygens (including phenoxy) is 3. The minimum absolute atomic E-state index is 0.0106. The minimum atomic E-state index is -0.303. The highest BCUT2D eigenvalue weighted by atomic mass is 16.6. The molecule has 0 spiro atoms. The van der Waals surface area contributed by atoms with E-state index in [-0.39, 0.29) is 24.7 Å². The lowest BCUT2D eigenvalue weighted by molar-refractivity contribution is -0.148. The summed E-state index contributed by atoms with van der Waals surface area (Å²) in [5.41, 5.74) is 7.36. The van der Waals surface area contributed by atoms with Crippen LogP contribution in [0.3, 0.4) is 0 Å². The highest BCUT2D eigenvalue weighted by molar-refractivity contribution is 5.82. The number of para-hydroxylation sites is 1. The molecule has 116 valence electrons. The van der Waals surface area contributed by atoms with Crippen LogP contribution < -0.4 is 15.4 Å². The van der Waals surface area contributed by atoms with Crippen LogP contribution in [0.25, 0.3) is 0 Å². The Morgan fingerprint density at radius 3 is 3.05 bits per heavy atom. The summed E-state index contributed by atoms with van der Waals surface area (Å²) in [6.45, 7) is 4.87. The Balaban J connectivity index is 2.09. The average molecular weight is 294 g/mol. The monoisotopic (exact) mass is 294 g/mol. The van der Waals surface area contributed by atoms with Gasteiger partial charge < -0.3 is 24.8 Å². The number of benzene rings is 1. The fourth-order valence-electron chi connectivity index (χ4n) is 2.46. The molecule has 0 aromatic heterocycles. The quantitative estimate of drug-likeness (QED) is 0.654. The molecule has 0 bridgehead atoms. The largest absolute Gasteiger partial charge is 0.487 e. The molecule has 2 unspecified atom stereocenters. The van der Waals surface area contributed by atoms with Crippen molar-refractivity contribution in [1.29, 1.82) is 0 Å². The van der Waals surface area contributed by atoms with Gasteiger partial charge in [-0.25, -0.2) is 0 Å². The molecule has 0 aliphatic carbocycles. The number of anilines is 2. The van der Waals surface area contributed by atoms with Crippen molar-refractivity contribution in [3.8, 4) is 5.75 Å². The Morgan fingerprint density at radius 2 is 2.33 bits per heavy atom. The van der Waals surface area contributed by atoms with E-state index in [4.69, 9.17) is 19.9 Å². The lowest BCUT2D eigenvalue weighted by Crippen LogP contribution is -2.42. The Labute approximate surface area is 124 Å². The summed E-state index contributed by atoms with van der Waals surface area (Å²) in [4.78, 5) is 13.9. The van der Waals surface area contributed by atoms with Crippen LogP contribution in [-0.4, -0.2) is 45.0 Å². The van der Waals surface area contributed by atoms with Gasteiger partial charge in [0.1, 0.15) is 30.2 Å². The van der Waals surface area contributed by atoms with Crippen molar-refractivity contribution in [2.24, 2.45) is 0 Å². The highest BCUT2D eigenvalue weighted by Crippen LogP contribution is 2.38. The third-order valence-electron chi connectivity index (χ3n) is 3.21. The summed E-state index contributed by atoms with van der Waals surface area (Å²) in [7, 11) is 1.57. The smallest absolute Gasteiger partial charge is 0.325 e. The molecule has 0 radical (unpaired) electrons. The number of hydrogen-bond donors (Lipinski definition) is 1. The van der Waals surface area contributed by atoms with Crippen LogP contribution in [0, 0.1) is 0 Å². The third kappa shape index (κ3) is 3.78. The number of methoxy groups -OCH3 is 1. The summed E-state index contributed by atoms with van der Waals surface area (Å²) >= 11 is 0. The van der Waals surface area contributed by atoms with E-state index in [1.807, 2.05) is 24.0 Å². The van der Waals surface area contributed by atoms with Crippen LogP contribution in [0.4, 0.5) is 11.4 Å². The lowest BCUT2D eigenvalue weighted by atomic mass is 10.1. The van der Waals surface area contributed by atoms with Crippen molar-refractivity contribution in [3.63, 3.8) is 0 Å². The molecule has 6 heteroatoms. The molecule has 2 N–H and O–H groups in total. The normalized spacial score (nSPS) is 18.6. The molecule has 21 heavy (non-hydrogen) atoms. The van der Waals surface area contributed by atoms with Crippen molar-refractivity contribution in [1.82, 2.24) is 0 Å². The number of nitrogens with zero attached hydrogens (tertiary/aromatic N) is 1. The first-order chi connectivity index (χ1) is 10.0. The zero-order valence-corrected chi connectivity index (χ0v) is 12.7. The van der Waals surface area contributed by atoms with E-state index in [0.717, 1.165) is 5.69 Å². The van der Waals surface area contributed by atoms with Gasteiger partial charge in [-0.1, -0.05) is 6.07 Å². The zero-order chi connectivity index (χ0) is 15.4. The van der Waals surface area contributed by atoms with Crippen molar-refractivity contribution in [3.05, 3.63) is 18.2 Å². The van der Waals surface area contributed by atoms with Gasteiger partial charge in [0.2, 0.25) is 0 Å². The maximum atomic E-state index is 12.0. The summed E-state index contributed by atoms with van der Waals surface area (Å²) in [6, 6.07) is 5.49. The first kappa shape index (κ1) is 15.4. The Hall–Kier alpha value is -1.95. The van der Waals surface area contributed by atoms with Gasteiger partial charge in [0, 0.05) is 7.11 Å². The van der Waals surface area contributed by atoms with Crippen molar-refractivity contribution in [2.75, 3.05) is 37.4 Å². The van der Waals surface area contributed by atoms with Gasteiger partial charge in [0.25, 0.3) is 0 Å². The highest BCUT2D eigenvalue weighted by Gasteiger charge is 2.27. The Bertz CT molecular complexity index is 506. The van der Waals surface area contributed by atoms with Gasteiger partial charge >= 0.3 is 5.97 Å². The first-order valence-electron chi connectivity index (χ1n) is 6.99. The van der Waals surface area contributed by atoms with E-state index >= 15 is 0 Å². The van der Waals surface area contributed by atoms with E-state index in [0.29, 0.717) is 24.6 Å². The second-order valence-corrected chi connectivity index (χ2v) is 5.26. The Kier molecular flexibility index (Phi) is 4.90. The van der Waals surface area contributed by atoms with Gasteiger partial charge in [-0.05, 0) is 26.0 Å². The predicted octanol–water partition coefficient (Wildman–Crippen LogP) is 1.43. The molecule has 0 saturated carbocycles. The van der Waals surface area contributed by atoms with Crippen LogP contribution >= 0.6 is 0 Å². The number of hydrogen-bond acceptors (Lipinski definition) is 6. The van der Waals surface area contributed by atoms with E-state index in [1.165, 1.54) is 0 Å². The molecule has 6 nitrogen and oxygen atoms in total. The van der Waals surface area contributed by atoms with E-state index < -0.39 is 0 Å². The zero-order valence-electron chi connectivity index (χ0n) is 12.7. The molecule has 1 aliphatic rings. The molecular formula is C15H22N2O4. The summed E-state index contributed by atoms with van der Waals surface area (Å²) in [5.74, 6) is 0.398. The molecule has 1 aromatic carbocycles. The maximum Gasteiger partial charge on any atom is 0.325 e. The molecular weight excluding hydrogens is 272 g/mol.